The summed E-state index contributed by atoms with van der Waals surface area (Å²) in [4.78, 5) is 38.9. The molecule has 0 spiro atoms. The third-order valence-corrected chi connectivity index (χ3v) is 5.68. The van der Waals surface area contributed by atoms with E-state index in [4.69, 9.17) is 4.74 Å². The van der Waals surface area contributed by atoms with Gasteiger partial charge in [0.15, 0.2) is 0 Å². The monoisotopic (exact) mass is 395 g/mol. The molecule has 160 valence electrons. The maximum atomic E-state index is 12.9. The van der Waals surface area contributed by atoms with E-state index in [0.29, 0.717) is 44.9 Å². The number of rotatable bonds is 7. The number of hydrogen-bond donors (Lipinski definition) is 2. The number of amides is 3. The lowest BCUT2D eigenvalue weighted by Crippen LogP contribution is -2.53. The highest BCUT2D eigenvalue weighted by Crippen LogP contribution is 2.24. The van der Waals surface area contributed by atoms with Gasteiger partial charge >= 0.3 is 6.09 Å². The van der Waals surface area contributed by atoms with Crippen molar-refractivity contribution in [3.8, 4) is 0 Å². The molecular formula is C21H37N3O4. The van der Waals surface area contributed by atoms with Crippen LogP contribution in [0.2, 0.25) is 0 Å². The summed E-state index contributed by atoms with van der Waals surface area (Å²) in [5.41, 5.74) is 0. The summed E-state index contributed by atoms with van der Waals surface area (Å²) in [5, 5.41) is 6.11. The van der Waals surface area contributed by atoms with Crippen LogP contribution < -0.4 is 10.6 Å². The molecule has 7 heteroatoms. The minimum atomic E-state index is -0.488. The Morgan fingerprint density at radius 2 is 1.68 bits per heavy atom. The third-order valence-electron chi connectivity index (χ3n) is 5.68. The van der Waals surface area contributed by atoms with Crippen LogP contribution in [-0.4, -0.2) is 54.6 Å². The lowest BCUT2D eigenvalue weighted by molar-refractivity contribution is -0.132. The fourth-order valence-electron chi connectivity index (χ4n) is 4.08. The van der Waals surface area contributed by atoms with E-state index in [0.717, 1.165) is 25.7 Å². The Labute approximate surface area is 168 Å². The summed E-state index contributed by atoms with van der Waals surface area (Å²) in [6, 6.07) is -0.461. The van der Waals surface area contributed by atoms with Gasteiger partial charge in [0, 0.05) is 25.0 Å². The van der Waals surface area contributed by atoms with Crippen molar-refractivity contribution in [1.29, 1.82) is 0 Å². The lowest BCUT2D eigenvalue weighted by Gasteiger charge is -2.33. The van der Waals surface area contributed by atoms with Gasteiger partial charge in [-0.1, -0.05) is 33.1 Å². The molecule has 3 amide bonds. The van der Waals surface area contributed by atoms with Gasteiger partial charge in [-0.3, -0.25) is 9.59 Å². The summed E-state index contributed by atoms with van der Waals surface area (Å²) in [6.45, 7) is 7.43. The molecule has 28 heavy (non-hydrogen) atoms. The van der Waals surface area contributed by atoms with Crippen molar-refractivity contribution in [2.75, 3.05) is 19.7 Å². The van der Waals surface area contributed by atoms with Crippen molar-refractivity contribution in [1.82, 2.24) is 15.5 Å². The number of hydrogen-bond acceptors (Lipinski definition) is 4. The fraction of sp³-hybridized carbons (Fsp3) is 0.857. The molecule has 1 atom stereocenters. The molecular weight excluding hydrogens is 358 g/mol. The number of carbonyl (C=O) groups excluding carboxylic acids is 3. The summed E-state index contributed by atoms with van der Waals surface area (Å²) in [5.74, 6) is 0.280. The van der Waals surface area contributed by atoms with E-state index in [1.807, 2.05) is 0 Å². The number of ether oxygens (including phenoxy) is 1. The Morgan fingerprint density at radius 3 is 2.25 bits per heavy atom. The van der Waals surface area contributed by atoms with Gasteiger partial charge in [-0.15, -0.1) is 0 Å². The molecule has 2 aliphatic rings. The first-order valence-corrected chi connectivity index (χ1v) is 10.9. The smallest absolute Gasteiger partial charge is 0.409 e. The maximum Gasteiger partial charge on any atom is 0.409 e. The molecule has 1 aliphatic carbocycles. The lowest BCUT2D eigenvalue weighted by atomic mass is 9.88. The van der Waals surface area contributed by atoms with Crippen LogP contribution in [-0.2, 0) is 14.3 Å². The van der Waals surface area contributed by atoms with Crippen molar-refractivity contribution in [2.45, 2.75) is 84.2 Å². The molecule has 2 rings (SSSR count). The first-order valence-electron chi connectivity index (χ1n) is 10.9. The number of likely N-dealkylation sites (tertiary alicyclic amines) is 1. The predicted octanol–water partition coefficient (Wildman–Crippen LogP) is 2.83. The van der Waals surface area contributed by atoms with Gasteiger partial charge in [0.25, 0.3) is 0 Å². The first kappa shape index (κ1) is 22.5. The van der Waals surface area contributed by atoms with E-state index in [-0.39, 0.29) is 29.9 Å². The zero-order chi connectivity index (χ0) is 20.5. The molecule has 0 aromatic heterocycles. The Kier molecular flexibility index (Phi) is 9.06. The fourth-order valence-corrected chi connectivity index (χ4v) is 4.08. The van der Waals surface area contributed by atoms with E-state index in [9.17, 15) is 14.4 Å². The highest BCUT2D eigenvalue weighted by atomic mass is 16.6. The standard InChI is InChI=1S/C21H37N3O4/c1-4-28-21(27)24-12-10-17(11-13-24)22-20(26)18(14-15(2)3)23-19(25)16-8-6-5-7-9-16/h15-18H,4-14H2,1-3H3,(H,22,26)(H,23,25)/t18-/m0/s1. The van der Waals surface area contributed by atoms with Gasteiger partial charge in [0.1, 0.15) is 6.04 Å². The molecule has 1 aliphatic heterocycles. The Hall–Kier alpha value is -1.79. The molecule has 1 saturated carbocycles. The molecule has 2 N–H and O–H groups in total. The van der Waals surface area contributed by atoms with Crippen LogP contribution in [0.15, 0.2) is 0 Å². The van der Waals surface area contributed by atoms with Gasteiger partial charge in [0.05, 0.1) is 6.61 Å². The largest absolute Gasteiger partial charge is 0.450 e. The topological polar surface area (TPSA) is 87.7 Å². The quantitative estimate of drug-likeness (QED) is 0.694. The highest BCUT2D eigenvalue weighted by molar-refractivity contribution is 5.88. The van der Waals surface area contributed by atoms with Crippen LogP contribution in [0.4, 0.5) is 4.79 Å². The second-order valence-electron chi connectivity index (χ2n) is 8.49. The summed E-state index contributed by atoms with van der Waals surface area (Å²) in [7, 11) is 0. The molecule has 1 saturated heterocycles. The van der Waals surface area contributed by atoms with Gasteiger partial charge in [-0.2, -0.15) is 0 Å². The third kappa shape index (κ3) is 6.99. The van der Waals surface area contributed by atoms with Gasteiger partial charge in [0.2, 0.25) is 11.8 Å². The molecule has 7 nitrogen and oxygen atoms in total. The predicted molar refractivity (Wildman–Crippen MR) is 108 cm³/mol. The minimum Gasteiger partial charge on any atom is -0.450 e. The van der Waals surface area contributed by atoms with Crippen LogP contribution in [0, 0.1) is 11.8 Å². The van der Waals surface area contributed by atoms with Crippen molar-refractivity contribution >= 4 is 17.9 Å². The zero-order valence-electron chi connectivity index (χ0n) is 17.7. The zero-order valence-corrected chi connectivity index (χ0v) is 17.7. The number of nitrogens with one attached hydrogen (secondary N) is 2. The molecule has 0 unspecified atom stereocenters. The van der Waals surface area contributed by atoms with E-state index in [1.165, 1.54) is 6.42 Å². The van der Waals surface area contributed by atoms with Crippen LogP contribution in [0.5, 0.6) is 0 Å². The average molecular weight is 396 g/mol. The molecule has 0 aromatic rings. The van der Waals surface area contributed by atoms with E-state index in [1.54, 1.807) is 11.8 Å². The number of piperidine rings is 1. The van der Waals surface area contributed by atoms with Crippen LogP contribution >= 0.6 is 0 Å². The number of carbonyl (C=O) groups is 3. The highest BCUT2D eigenvalue weighted by Gasteiger charge is 2.30. The first-order chi connectivity index (χ1) is 13.4. The summed E-state index contributed by atoms with van der Waals surface area (Å²) in [6.07, 6.45) is 6.99. The normalized spacial score (nSPS) is 19.9. The van der Waals surface area contributed by atoms with Gasteiger partial charge < -0.3 is 20.3 Å². The van der Waals surface area contributed by atoms with Crippen molar-refractivity contribution in [2.24, 2.45) is 11.8 Å². The van der Waals surface area contributed by atoms with Crippen molar-refractivity contribution in [3.63, 3.8) is 0 Å². The SMILES string of the molecule is CCOC(=O)N1CCC(NC(=O)[C@H](CC(C)C)NC(=O)C2CCCCC2)CC1. The Balaban J connectivity index is 1.85. The molecule has 0 bridgehead atoms. The minimum absolute atomic E-state index is 0.0256. The van der Waals surface area contributed by atoms with Crippen molar-refractivity contribution < 1.29 is 19.1 Å². The summed E-state index contributed by atoms with van der Waals surface area (Å²) >= 11 is 0. The van der Waals surface area contributed by atoms with Crippen LogP contribution in [0.3, 0.4) is 0 Å². The summed E-state index contributed by atoms with van der Waals surface area (Å²) < 4.78 is 5.03. The Morgan fingerprint density at radius 1 is 1.04 bits per heavy atom. The van der Waals surface area contributed by atoms with Gasteiger partial charge in [-0.25, -0.2) is 4.79 Å². The maximum absolute atomic E-state index is 12.9. The van der Waals surface area contributed by atoms with Crippen LogP contribution in [0.25, 0.3) is 0 Å². The van der Waals surface area contributed by atoms with E-state index >= 15 is 0 Å². The van der Waals surface area contributed by atoms with E-state index < -0.39 is 6.04 Å². The van der Waals surface area contributed by atoms with E-state index in [2.05, 4.69) is 24.5 Å². The van der Waals surface area contributed by atoms with Crippen LogP contribution in [0.1, 0.15) is 72.1 Å². The van der Waals surface area contributed by atoms with Gasteiger partial charge in [-0.05, 0) is 44.9 Å². The molecule has 1 heterocycles. The average Bonchev–Trinajstić information content (AvgIpc) is 2.68. The second kappa shape index (κ2) is 11.3. The molecule has 2 fully saturated rings. The number of nitrogens with zero attached hydrogens (tertiary/aromatic N) is 1. The van der Waals surface area contributed by atoms with Crippen molar-refractivity contribution in [3.05, 3.63) is 0 Å². The Bertz CT molecular complexity index is 524. The second-order valence-corrected chi connectivity index (χ2v) is 8.49. The molecule has 0 radical (unpaired) electrons. The molecule has 0 aromatic carbocycles.